The third-order valence-corrected chi connectivity index (χ3v) is 10.5. The number of aliphatic hydroxyl groups is 1. The van der Waals surface area contributed by atoms with E-state index in [1.54, 1.807) is 48.5 Å². The fraction of sp³-hybridized carbons (Fsp3) is 0.400. The molecule has 0 amide bonds. The fourth-order valence-electron chi connectivity index (χ4n) is 5.70. The monoisotopic (exact) mass is 735 g/mol. The maximum absolute atomic E-state index is 14.3. The second-order valence-corrected chi connectivity index (χ2v) is 14.0. The Labute approximate surface area is 300 Å². The van der Waals surface area contributed by atoms with Crippen LogP contribution in [0.4, 0.5) is 5.82 Å². The lowest BCUT2D eigenvalue weighted by Gasteiger charge is -2.28. The number of aliphatic hydroxyl groups excluding tert-OH is 1. The minimum Gasteiger partial charge on any atom is -0.464 e. The highest BCUT2D eigenvalue weighted by molar-refractivity contribution is 7.52. The highest BCUT2D eigenvalue weighted by atomic mass is 31.2. The van der Waals surface area contributed by atoms with Crippen LogP contribution in [-0.2, 0) is 38.5 Å². The number of hydrogen-bond donors (Lipinski definition) is 4. The molecule has 6 N–H and O–H groups in total. The van der Waals surface area contributed by atoms with Gasteiger partial charge in [-0.25, -0.2) is 18.9 Å². The number of benzene rings is 2. The number of nitriles is 1. The van der Waals surface area contributed by atoms with Crippen LogP contribution in [0, 0.1) is 17.2 Å². The summed E-state index contributed by atoms with van der Waals surface area (Å²) in [5.74, 6) is -1.25. The van der Waals surface area contributed by atoms with Crippen LogP contribution in [-0.4, -0.2) is 69.2 Å². The molecule has 1 aliphatic rings. The van der Waals surface area contributed by atoms with Crippen LogP contribution in [0.15, 0.2) is 79.1 Å². The molecule has 1 fully saturated rings. The highest BCUT2D eigenvalue weighted by Crippen LogP contribution is 2.48. The van der Waals surface area contributed by atoms with Gasteiger partial charge in [-0.1, -0.05) is 75.2 Å². The smallest absolute Gasteiger partial charge is 0.459 e. The zero-order valence-electron chi connectivity index (χ0n) is 28.9. The normalized spacial score (nSPS) is 22.3. The molecule has 1 unspecified atom stereocenters. The largest absolute Gasteiger partial charge is 0.464 e. The van der Waals surface area contributed by atoms with Gasteiger partial charge in [0.1, 0.15) is 48.0 Å². The molecule has 0 bridgehead atoms. The Morgan fingerprint density at radius 3 is 2.42 bits per heavy atom. The first-order valence-electron chi connectivity index (χ1n) is 16.8. The van der Waals surface area contributed by atoms with Crippen LogP contribution in [0.3, 0.4) is 0 Å². The number of rotatable bonds is 16. The van der Waals surface area contributed by atoms with Gasteiger partial charge in [-0.15, -0.1) is 0 Å². The van der Waals surface area contributed by atoms with E-state index < -0.39 is 62.3 Å². The second kappa shape index (κ2) is 16.6. The molecular formula is C35H42N7O9P. The van der Waals surface area contributed by atoms with E-state index in [0.29, 0.717) is 11.1 Å². The summed E-state index contributed by atoms with van der Waals surface area (Å²) >= 11 is 0. The molecule has 4 aromatic rings. The van der Waals surface area contributed by atoms with Crippen molar-refractivity contribution in [3.8, 4) is 11.8 Å². The van der Waals surface area contributed by atoms with Crippen LogP contribution >= 0.6 is 7.75 Å². The maximum atomic E-state index is 14.3. The van der Waals surface area contributed by atoms with Crippen LogP contribution in [0.2, 0.25) is 0 Å². The Hall–Kier alpha value is -4.88. The van der Waals surface area contributed by atoms with E-state index in [1.807, 2.05) is 19.9 Å². The molecule has 7 atom stereocenters. The number of anilines is 1. The van der Waals surface area contributed by atoms with E-state index in [9.17, 15) is 24.5 Å². The number of nitrogen functional groups attached to an aromatic ring is 1. The van der Waals surface area contributed by atoms with Gasteiger partial charge in [0.2, 0.25) is 5.60 Å². The highest BCUT2D eigenvalue weighted by Gasteiger charge is 2.61. The number of fused-ring (bicyclic) bond motifs is 1. The first-order chi connectivity index (χ1) is 24.9. The van der Waals surface area contributed by atoms with Gasteiger partial charge >= 0.3 is 19.7 Å². The summed E-state index contributed by atoms with van der Waals surface area (Å²) in [5, 5.41) is 29.2. The van der Waals surface area contributed by atoms with E-state index in [-0.39, 0.29) is 29.8 Å². The topological polar surface area (TPSA) is 236 Å². The lowest BCUT2D eigenvalue weighted by atomic mass is 9.92. The SMILES string of the molecule is CCC(CC)COC(=O)[C@H](C)NP(=O)(OC[C@H]1O[C@@](C#N)(c2ccc3c(N)ncnn23)[C@H](OC(=O)[C@H](N)c2ccccc2)[C@@H]1O)Oc1ccccc1. The van der Waals surface area contributed by atoms with E-state index in [2.05, 4.69) is 15.2 Å². The summed E-state index contributed by atoms with van der Waals surface area (Å²) in [5.41, 5.74) is 10.8. The third-order valence-electron chi connectivity index (χ3n) is 8.81. The van der Waals surface area contributed by atoms with Crippen molar-refractivity contribution >= 4 is 31.0 Å². The van der Waals surface area contributed by atoms with E-state index in [1.165, 1.54) is 35.7 Å². The number of para-hydroxylation sites is 1. The quantitative estimate of drug-likeness (QED) is 0.0951. The number of nitrogens with two attached hydrogens (primary N) is 2. The number of nitrogens with zero attached hydrogens (tertiary/aromatic N) is 4. The first kappa shape index (κ1) is 38.4. The Balaban J connectivity index is 1.44. The average molecular weight is 736 g/mol. The van der Waals surface area contributed by atoms with E-state index in [0.717, 1.165) is 19.2 Å². The molecule has 276 valence electrons. The van der Waals surface area contributed by atoms with Gasteiger partial charge in [-0.3, -0.25) is 9.32 Å². The van der Waals surface area contributed by atoms with Gasteiger partial charge in [0.25, 0.3) is 0 Å². The Morgan fingerprint density at radius 2 is 1.77 bits per heavy atom. The molecular weight excluding hydrogens is 693 g/mol. The van der Waals surface area contributed by atoms with Crippen LogP contribution in [0.1, 0.15) is 50.9 Å². The van der Waals surface area contributed by atoms with Crippen LogP contribution in [0.5, 0.6) is 5.75 Å². The van der Waals surface area contributed by atoms with Crippen molar-refractivity contribution < 1.29 is 42.5 Å². The summed E-state index contributed by atoms with van der Waals surface area (Å²) in [6.07, 6.45) is -2.12. The molecule has 0 radical (unpaired) electrons. The lowest BCUT2D eigenvalue weighted by molar-refractivity contribution is -0.162. The van der Waals surface area contributed by atoms with Crippen molar-refractivity contribution in [3.63, 3.8) is 0 Å². The molecule has 1 saturated heterocycles. The van der Waals surface area contributed by atoms with Crippen LogP contribution < -0.4 is 21.1 Å². The fourth-order valence-corrected chi connectivity index (χ4v) is 7.20. The lowest BCUT2D eigenvalue weighted by Crippen LogP contribution is -2.45. The average Bonchev–Trinajstić information content (AvgIpc) is 3.71. The van der Waals surface area contributed by atoms with Crippen molar-refractivity contribution in [2.75, 3.05) is 18.9 Å². The zero-order chi connectivity index (χ0) is 37.5. The summed E-state index contributed by atoms with van der Waals surface area (Å²) in [7, 11) is -4.45. The number of aromatic nitrogens is 3. The molecule has 3 heterocycles. The van der Waals surface area contributed by atoms with E-state index >= 15 is 0 Å². The van der Waals surface area contributed by atoms with Gasteiger partial charge in [-0.2, -0.15) is 15.4 Å². The number of ether oxygens (including phenoxy) is 3. The molecule has 0 spiro atoms. The predicted octanol–water partition coefficient (Wildman–Crippen LogP) is 3.56. The molecule has 0 saturated carbocycles. The molecule has 2 aromatic carbocycles. The van der Waals surface area contributed by atoms with Gasteiger partial charge in [0.05, 0.1) is 18.9 Å². The van der Waals surface area contributed by atoms with Gasteiger partial charge in [0.15, 0.2) is 11.9 Å². The summed E-state index contributed by atoms with van der Waals surface area (Å²) in [6, 6.07) is 19.1. The van der Waals surface area contributed by atoms with Gasteiger partial charge in [0, 0.05) is 0 Å². The summed E-state index contributed by atoms with van der Waals surface area (Å²) in [4.78, 5) is 30.3. The molecule has 5 rings (SSSR count). The van der Waals surface area contributed by atoms with E-state index in [4.69, 9.17) is 34.7 Å². The van der Waals surface area contributed by atoms with Crippen LogP contribution in [0.25, 0.3) is 5.52 Å². The molecule has 17 heteroatoms. The standard InChI is InChI=1S/C35H42N7O9P/c1-4-23(5-2)18-47-33(44)22(3)41-52(46,51-25-14-10-7-11-15-25)48-19-27-30(43)31(49-34(45)29(37)24-12-8-6-9-13-24)35(20-36,50-27)28-17-16-26-32(38)39-21-40-42(26)28/h6-17,21-23,27,29-31,43H,4-5,18-19,37H2,1-3H3,(H,41,46)(H2,38,39,40)/t22-,27+,29+,30+,31+,35-,52?/m0/s1. The molecule has 52 heavy (non-hydrogen) atoms. The number of carbonyl (C=O) groups excluding carboxylic acids is 2. The van der Waals surface area contributed by atoms with Gasteiger partial charge < -0.3 is 35.3 Å². The molecule has 1 aliphatic heterocycles. The second-order valence-electron chi connectivity index (χ2n) is 12.3. The number of nitrogens with one attached hydrogen (secondary N) is 1. The minimum atomic E-state index is -4.45. The Bertz CT molecular complexity index is 1920. The predicted molar refractivity (Wildman–Crippen MR) is 187 cm³/mol. The third kappa shape index (κ3) is 8.26. The number of esters is 2. The molecule has 2 aromatic heterocycles. The maximum Gasteiger partial charge on any atom is 0.459 e. The number of carbonyl (C=O) groups is 2. The Morgan fingerprint density at radius 1 is 1.10 bits per heavy atom. The van der Waals surface area contributed by atoms with Crippen molar-refractivity contribution in [2.24, 2.45) is 11.7 Å². The zero-order valence-corrected chi connectivity index (χ0v) is 29.8. The van der Waals surface area contributed by atoms with Crippen molar-refractivity contribution in [1.29, 1.82) is 5.26 Å². The Kier molecular flexibility index (Phi) is 12.3. The van der Waals surface area contributed by atoms with Crippen molar-refractivity contribution in [2.45, 2.75) is 69.6 Å². The minimum absolute atomic E-state index is 0.0439. The number of hydrogen-bond acceptors (Lipinski definition) is 14. The van der Waals surface area contributed by atoms with Gasteiger partial charge in [-0.05, 0) is 42.7 Å². The van der Waals surface area contributed by atoms with Crippen molar-refractivity contribution in [1.82, 2.24) is 19.7 Å². The molecule has 16 nitrogen and oxygen atoms in total. The molecule has 0 aliphatic carbocycles. The first-order valence-corrected chi connectivity index (χ1v) is 18.3. The summed E-state index contributed by atoms with van der Waals surface area (Å²) in [6.45, 7) is 4.94. The van der Waals surface area contributed by atoms with Crippen molar-refractivity contribution in [3.05, 3.63) is 90.4 Å². The summed E-state index contributed by atoms with van der Waals surface area (Å²) < 4.78 is 44.6.